The first-order valence-electron chi connectivity index (χ1n) is 3.78. The van der Waals surface area contributed by atoms with E-state index in [0.717, 1.165) is 5.56 Å². The predicted octanol–water partition coefficient (Wildman–Crippen LogP) is 2.01. The van der Waals surface area contributed by atoms with Crippen LogP contribution in [0.15, 0.2) is 24.3 Å². The Hall–Kier alpha value is -2.00. The first-order chi connectivity index (χ1) is 6.36. The van der Waals surface area contributed by atoms with Crippen LogP contribution in [0.1, 0.15) is 5.56 Å². The van der Waals surface area contributed by atoms with Crippen LogP contribution in [0.4, 0.5) is 0 Å². The van der Waals surface area contributed by atoms with E-state index in [1.54, 1.807) is 12.1 Å². The van der Waals surface area contributed by atoms with Crippen molar-refractivity contribution in [2.45, 2.75) is 6.42 Å². The molecule has 3 nitrogen and oxygen atoms in total. The van der Waals surface area contributed by atoms with Crippen LogP contribution in [0.2, 0.25) is 0 Å². The molecule has 0 unspecified atom stereocenters. The van der Waals surface area contributed by atoms with Crippen LogP contribution < -0.4 is 4.74 Å². The number of ether oxygens (including phenoxy) is 1. The smallest absolute Gasteiger partial charge is 0.357 e. The fourth-order valence-corrected chi connectivity index (χ4v) is 0.902. The molecule has 0 aromatic heterocycles. The van der Waals surface area contributed by atoms with E-state index in [4.69, 9.17) is 16.6 Å². The predicted molar refractivity (Wildman–Crippen MR) is 47.9 cm³/mol. The van der Waals surface area contributed by atoms with E-state index in [1.165, 1.54) is 0 Å². The van der Waals surface area contributed by atoms with Gasteiger partial charge in [0, 0.05) is 0 Å². The highest BCUT2D eigenvalue weighted by Gasteiger charge is 1.94. The van der Waals surface area contributed by atoms with Gasteiger partial charge in [-0.1, -0.05) is 12.1 Å². The van der Waals surface area contributed by atoms with Crippen molar-refractivity contribution in [3.05, 3.63) is 41.2 Å². The van der Waals surface area contributed by atoms with Gasteiger partial charge in [0.25, 0.3) is 0 Å². The van der Waals surface area contributed by atoms with Crippen molar-refractivity contribution in [3.8, 4) is 11.8 Å². The monoisotopic (exact) mass is 172 g/mol. The topological polar surface area (TPSA) is 37.4 Å². The molecule has 0 aliphatic heterocycles. The van der Waals surface area contributed by atoms with Gasteiger partial charge in [-0.3, -0.25) is 4.85 Å². The Kier molecular flexibility index (Phi) is 3.35. The summed E-state index contributed by atoms with van der Waals surface area (Å²) in [6, 6.07) is 9.22. The summed E-state index contributed by atoms with van der Waals surface area (Å²) in [6.45, 7) is 6.56. The van der Waals surface area contributed by atoms with Crippen LogP contribution in [0.25, 0.3) is 4.85 Å². The number of benzene rings is 1. The number of nitriles is 1. The number of nitrogens with zero attached hydrogens (tertiary/aromatic N) is 2. The average molecular weight is 172 g/mol. The van der Waals surface area contributed by atoms with Gasteiger partial charge in [0.2, 0.25) is 0 Å². The Labute approximate surface area is 77.0 Å². The van der Waals surface area contributed by atoms with Crippen molar-refractivity contribution in [3.63, 3.8) is 0 Å². The minimum atomic E-state index is 0.0393. The number of hydrogen-bond donors (Lipinski definition) is 0. The molecule has 3 heteroatoms. The minimum Gasteiger partial charge on any atom is -0.426 e. The molecule has 0 radical (unpaired) electrons. The minimum absolute atomic E-state index is 0.0393. The Morgan fingerprint density at radius 2 is 2.08 bits per heavy atom. The van der Waals surface area contributed by atoms with Gasteiger partial charge in [0.1, 0.15) is 5.75 Å². The van der Waals surface area contributed by atoms with Crippen molar-refractivity contribution in [2.24, 2.45) is 0 Å². The van der Waals surface area contributed by atoms with Crippen molar-refractivity contribution in [1.82, 2.24) is 0 Å². The van der Waals surface area contributed by atoms with Crippen LogP contribution in [-0.2, 0) is 6.42 Å². The van der Waals surface area contributed by atoms with Gasteiger partial charge in [-0.2, -0.15) is 5.26 Å². The summed E-state index contributed by atoms with van der Waals surface area (Å²) < 4.78 is 5.05. The average Bonchev–Trinajstić information content (AvgIpc) is 2.17. The first kappa shape index (κ1) is 9.09. The normalized spacial score (nSPS) is 8.46. The zero-order chi connectivity index (χ0) is 9.52. The molecule has 0 aliphatic rings. The van der Waals surface area contributed by atoms with Crippen LogP contribution in [-0.4, -0.2) is 6.73 Å². The third kappa shape index (κ3) is 2.84. The zero-order valence-electron chi connectivity index (χ0n) is 7.03. The SMILES string of the molecule is [C-]#[N+]COc1ccc(CC#N)cc1. The molecule has 1 aromatic carbocycles. The van der Waals surface area contributed by atoms with E-state index >= 15 is 0 Å². The highest BCUT2D eigenvalue weighted by atomic mass is 16.5. The van der Waals surface area contributed by atoms with E-state index < -0.39 is 0 Å². The third-order valence-electron chi connectivity index (χ3n) is 1.50. The van der Waals surface area contributed by atoms with E-state index in [1.807, 2.05) is 12.1 Å². The fraction of sp³-hybridized carbons (Fsp3) is 0.200. The highest BCUT2D eigenvalue weighted by molar-refractivity contribution is 5.28. The molecule has 13 heavy (non-hydrogen) atoms. The molecule has 0 aliphatic carbocycles. The summed E-state index contributed by atoms with van der Waals surface area (Å²) in [6.07, 6.45) is 0.406. The first-order valence-corrected chi connectivity index (χ1v) is 3.78. The maximum absolute atomic E-state index is 8.41. The molecule has 0 heterocycles. The maximum atomic E-state index is 8.41. The lowest BCUT2D eigenvalue weighted by molar-refractivity contribution is 0.361. The summed E-state index contributed by atoms with van der Waals surface area (Å²) in [5.74, 6) is 0.665. The Morgan fingerprint density at radius 1 is 1.38 bits per heavy atom. The van der Waals surface area contributed by atoms with Crippen LogP contribution in [0.3, 0.4) is 0 Å². The molecule has 1 rings (SSSR count). The van der Waals surface area contributed by atoms with Gasteiger partial charge in [0.15, 0.2) is 0 Å². The molecule has 0 fully saturated rings. The van der Waals surface area contributed by atoms with Crippen LogP contribution in [0.5, 0.6) is 5.75 Å². The second kappa shape index (κ2) is 4.79. The third-order valence-corrected chi connectivity index (χ3v) is 1.50. The molecular formula is C10H8N2O. The summed E-state index contributed by atoms with van der Waals surface area (Å²) in [5, 5.41) is 8.41. The van der Waals surface area contributed by atoms with E-state index in [9.17, 15) is 0 Å². The van der Waals surface area contributed by atoms with Crippen molar-refractivity contribution >= 4 is 0 Å². The lowest BCUT2D eigenvalue weighted by Gasteiger charge is -1.99. The van der Waals surface area contributed by atoms with Gasteiger partial charge in [-0.15, -0.1) is 0 Å². The molecule has 0 saturated heterocycles. The van der Waals surface area contributed by atoms with Gasteiger partial charge in [0.05, 0.1) is 12.5 Å². The Bertz CT molecular complexity index is 343. The quantitative estimate of drug-likeness (QED) is 0.654. The maximum Gasteiger partial charge on any atom is 0.357 e. The molecule has 0 amide bonds. The molecule has 1 aromatic rings. The summed E-state index contributed by atoms with van der Waals surface area (Å²) in [5.41, 5.74) is 0.956. The largest absolute Gasteiger partial charge is 0.426 e. The molecule has 64 valence electrons. The van der Waals surface area contributed by atoms with E-state index in [-0.39, 0.29) is 6.73 Å². The van der Waals surface area contributed by atoms with E-state index in [2.05, 4.69) is 10.9 Å². The summed E-state index contributed by atoms with van der Waals surface area (Å²) >= 11 is 0. The lowest BCUT2D eigenvalue weighted by atomic mass is 10.2. The molecule has 0 spiro atoms. The van der Waals surface area contributed by atoms with Crippen LogP contribution >= 0.6 is 0 Å². The number of hydrogen-bond acceptors (Lipinski definition) is 2. The molecule has 0 atom stereocenters. The summed E-state index contributed by atoms with van der Waals surface area (Å²) in [7, 11) is 0. The van der Waals surface area contributed by atoms with E-state index in [0.29, 0.717) is 12.2 Å². The van der Waals surface area contributed by atoms with Crippen molar-refractivity contribution < 1.29 is 4.74 Å². The Morgan fingerprint density at radius 3 is 2.62 bits per heavy atom. The van der Waals surface area contributed by atoms with Gasteiger partial charge >= 0.3 is 6.73 Å². The standard InChI is InChI=1S/C10H8N2O/c1-12-8-13-10-4-2-9(3-5-10)6-7-11/h2-5H,6,8H2. The van der Waals surface area contributed by atoms with Crippen LogP contribution in [0, 0.1) is 17.9 Å². The summed E-state index contributed by atoms with van der Waals surface area (Å²) in [4.78, 5) is 3.07. The van der Waals surface area contributed by atoms with Crippen molar-refractivity contribution in [2.75, 3.05) is 6.73 Å². The number of rotatable bonds is 3. The van der Waals surface area contributed by atoms with Gasteiger partial charge in [-0.05, 0) is 17.7 Å². The second-order valence-electron chi connectivity index (χ2n) is 2.41. The Balaban J connectivity index is 2.61. The molecule has 0 N–H and O–H groups in total. The van der Waals surface area contributed by atoms with Crippen molar-refractivity contribution in [1.29, 1.82) is 5.26 Å². The van der Waals surface area contributed by atoms with Gasteiger partial charge in [-0.25, -0.2) is 6.57 Å². The highest BCUT2D eigenvalue weighted by Crippen LogP contribution is 2.12. The molecule has 0 bridgehead atoms. The second-order valence-corrected chi connectivity index (χ2v) is 2.41. The lowest BCUT2D eigenvalue weighted by Crippen LogP contribution is -1.91. The molecule has 0 saturated carbocycles. The molecular weight excluding hydrogens is 164 g/mol. The fourth-order valence-electron chi connectivity index (χ4n) is 0.902. The van der Waals surface area contributed by atoms with Gasteiger partial charge < -0.3 is 4.74 Å². The zero-order valence-corrected chi connectivity index (χ0v) is 7.03.